The fourth-order valence-corrected chi connectivity index (χ4v) is 2.23. The van der Waals surface area contributed by atoms with Crippen LogP contribution in [0.15, 0.2) is 29.8 Å². The van der Waals surface area contributed by atoms with Crippen LogP contribution in [-0.2, 0) is 0 Å². The molecule has 0 saturated heterocycles. The lowest BCUT2D eigenvalue weighted by Gasteiger charge is -2.08. The first-order chi connectivity index (χ1) is 9.20. The lowest BCUT2D eigenvalue weighted by atomic mass is 10.1. The van der Waals surface area contributed by atoms with Crippen LogP contribution in [0.5, 0.6) is 11.5 Å². The third-order valence-electron chi connectivity index (χ3n) is 3.31. The number of hydrogen-bond donors (Lipinski definition) is 2. The molecule has 0 aromatic heterocycles. The minimum atomic E-state index is -0.170. The molecule has 4 heteroatoms. The van der Waals surface area contributed by atoms with E-state index in [1.165, 1.54) is 25.2 Å². The predicted octanol–water partition coefficient (Wildman–Crippen LogP) is 2.63. The van der Waals surface area contributed by atoms with Crippen molar-refractivity contribution >= 4 is 5.91 Å². The first kappa shape index (κ1) is 13.5. The number of carbonyl (C=O) groups is 1. The molecular weight excluding hydrogens is 242 g/mol. The number of allylic oxidation sites excluding steroid dienone is 1. The number of aromatic hydroxyl groups is 1. The van der Waals surface area contributed by atoms with E-state index in [9.17, 15) is 9.90 Å². The number of nitrogens with one attached hydrogen (secondary N) is 1. The van der Waals surface area contributed by atoms with E-state index in [2.05, 4.69) is 11.4 Å². The summed E-state index contributed by atoms with van der Waals surface area (Å²) in [5.41, 5.74) is 1.87. The Bertz CT molecular complexity index is 494. The van der Waals surface area contributed by atoms with Crippen molar-refractivity contribution in [2.24, 2.45) is 0 Å². The highest BCUT2D eigenvalue weighted by Crippen LogP contribution is 2.26. The average molecular weight is 261 g/mol. The van der Waals surface area contributed by atoms with Gasteiger partial charge in [-0.05, 0) is 43.9 Å². The normalized spacial score (nSPS) is 14.1. The molecule has 0 unspecified atom stereocenters. The molecule has 0 fully saturated rings. The summed E-state index contributed by atoms with van der Waals surface area (Å²) in [7, 11) is 1.48. The van der Waals surface area contributed by atoms with E-state index in [1.54, 1.807) is 12.1 Å². The predicted molar refractivity (Wildman–Crippen MR) is 73.5 cm³/mol. The number of hydrogen-bond acceptors (Lipinski definition) is 3. The van der Waals surface area contributed by atoms with Gasteiger partial charge in [-0.2, -0.15) is 0 Å². The standard InChI is InChI=1S/C15H19NO3/c1-19-14-7-6-12(10-13(14)17)15(18)16-9-8-11-4-2-3-5-11/h4,6-7,10,17H,2-3,5,8-9H2,1H3,(H,16,18). The van der Waals surface area contributed by atoms with Gasteiger partial charge in [0.15, 0.2) is 11.5 Å². The largest absolute Gasteiger partial charge is 0.504 e. The van der Waals surface area contributed by atoms with Crippen molar-refractivity contribution in [1.82, 2.24) is 5.32 Å². The maximum atomic E-state index is 11.9. The van der Waals surface area contributed by atoms with Crippen LogP contribution in [0.3, 0.4) is 0 Å². The summed E-state index contributed by atoms with van der Waals surface area (Å²) in [6.45, 7) is 0.636. The summed E-state index contributed by atoms with van der Waals surface area (Å²) in [5.74, 6) is 0.179. The Hall–Kier alpha value is -1.97. The van der Waals surface area contributed by atoms with Gasteiger partial charge in [0.05, 0.1) is 7.11 Å². The van der Waals surface area contributed by atoms with Crippen LogP contribution in [0.4, 0.5) is 0 Å². The molecule has 4 nitrogen and oxygen atoms in total. The Morgan fingerprint density at radius 3 is 2.95 bits per heavy atom. The van der Waals surface area contributed by atoms with Gasteiger partial charge in [0, 0.05) is 12.1 Å². The minimum absolute atomic E-state index is 0.0198. The van der Waals surface area contributed by atoms with Gasteiger partial charge in [0.25, 0.3) is 5.91 Å². The highest BCUT2D eigenvalue weighted by Gasteiger charge is 2.10. The second-order valence-electron chi connectivity index (χ2n) is 4.65. The molecule has 1 amide bonds. The zero-order chi connectivity index (χ0) is 13.7. The van der Waals surface area contributed by atoms with Crippen molar-refractivity contribution in [3.8, 4) is 11.5 Å². The van der Waals surface area contributed by atoms with Gasteiger partial charge in [0.1, 0.15) is 0 Å². The molecule has 0 atom stereocenters. The lowest BCUT2D eigenvalue weighted by molar-refractivity contribution is 0.0953. The second-order valence-corrected chi connectivity index (χ2v) is 4.65. The van der Waals surface area contributed by atoms with E-state index < -0.39 is 0 Å². The fourth-order valence-electron chi connectivity index (χ4n) is 2.23. The molecule has 0 bridgehead atoms. The quantitative estimate of drug-likeness (QED) is 0.801. The van der Waals surface area contributed by atoms with Crippen molar-refractivity contribution in [3.05, 3.63) is 35.4 Å². The number of phenolic OH excluding ortho intramolecular Hbond substituents is 1. The molecule has 1 aliphatic carbocycles. The number of methoxy groups -OCH3 is 1. The third-order valence-corrected chi connectivity index (χ3v) is 3.31. The summed E-state index contributed by atoms with van der Waals surface area (Å²) in [5, 5.41) is 12.5. The van der Waals surface area contributed by atoms with Gasteiger partial charge in [-0.3, -0.25) is 4.79 Å². The Morgan fingerprint density at radius 1 is 1.47 bits per heavy atom. The molecular formula is C15H19NO3. The number of amides is 1. The van der Waals surface area contributed by atoms with Gasteiger partial charge < -0.3 is 15.2 Å². The second kappa shape index (κ2) is 6.27. The van der Waals surface area contributed by atoms with Crippen LogP contribution in [0, 0.1) is 0 Å². The monoisotopic (exact) mass is 261 g/mol. The smallest absolute Gasteiger partial charge is 0.251 e. The Balaban J connectivity index is 1.87. The van der Waals surface area contributed by atoms with Gasteiger partial charge in [0.2, 0.25) is 0 Å². The van der Waals surface area contributed by atoms with Crippen molar-refractivity contribution in [1.29, 1.82) is 0 Å². The Kier molecular flexibility index (Phi) is 4.44. The van der Waals surface area contributed by atoms with Crippen LogP contribution in [0.2, 0.25) is 0 Å². The van der Waals surface area contributed by atoms with Crippen molar-refractivity contribution in [3.63, 3.8) is 0 Å². The van der Waals surface area contributed by atoms with E-state index in [0.29, 0.717) is 17.9 Å². The van der Waals surface area contributed by atoms with Gasteiger partial charge >= 0.3 is 0 Å². The first-order valence-corrected chi connectivity index (χ1v) is 6.54. The number of benzene rings is 1. The summed E-state index contributed by atoms with van der Waals surface area (Å²) in [4.78, 5) is 11.9. The molecule has 0 heterocycles. The maximum absolute atomic E-state index is 11.9. The van der Waals surface area contributed by atoms with Crippen LogP contribution in [-0.4, -0.2) is 24.7 Å². The Morgan fingerprint density at radius 2 is 2.32 bits per heavy atom. The molecule has 19 heavy (non-hydrogen) atoms. The van der Waals surface area contributed by atoms with Crippen LogP contribution in [0.1, 0.15) is 36.0 Å². The SMILES string of the molecule is COc1ccc(C(=O)NCCC2=CCCC2)cc1O. The fraction of sp³-hybridized carbons (Fsp3) is 0.400. The van der Waals surface area contributed by atoms with Gasteiger partial charge in [-0.25, -0.2) is 0 Å². The molecule has 102 valence electrons. The Labute approximate surface area is 113 Å². The summed E-state index contributed by atoms with van der Waals surface area (Å²) >= 11 is 0. The first-order valence-electron chi connectivity index (χ1n) is 6.54. The van der Waals surface area contributed by atoms with Crippen molar-refractivity contribution in [2.75, 3.05) is 13.7 Å². The zero-order valence-electron chi connectivity index (χ0n) is 11.1. The molecule has 2 N–H and O–H groups in total. The minimum Gasteiger partial charge on any atom is -0.504 e. The van der Waals surface area contributed by atoms with Crippen molar-refractivity contribution in [2.45, 2.75) is 25.7 Å². The molecule has 1 aromatic carbocycles. The lowest BCUT2D eigenvalue weighted by Crippen LogP contribution is -2.24. The van der Waals surface area contributed by atoms with Crippen LogP contribution < -0.4 is 10.1 Å². The molecule has 0 aliphatic heterocycles. The zero-order valence-corrected chi connectivity index (χ0v) is 11.1. The highest BCUT2D eigenvalue weighted by molar-refractivity contribution is 5.94. The average Bonchev–Trinajstić information content (AvgIpc) is 2.91. The third kappa shape index (κ3) is 3.50. The molecule has 1 aromatic rings. The van der Waals surface area contributed by atoms with E-state index >= 15 is 0 Å². The van der Waals surface area contributed by atoms with Crippen LogP contribution in [0.25, 0.3) is 0 Å². The van der Waals surface area contributed by atoms with Gasteiger partial charge in [-0.15, -0.1) is 0 Å². The molecule has 0 spiro atoms. The number of rotatable bonds is 5. The summed E-state index contributed by atoms with van der Waals surface area (Å²) < 4.78 is 4.94. The van der Waals surface area contributed by atoms with Gasteiger partial charge in [-0.1, -0.05) is 11.6 Å². The maximum Gasteiger partial charge on any atom is 0.251 e. The van der Waals surface area contributed by atoms with Crippen LogP contribution >= 0.6 is 0 Å². The molecule has 1 aliphatic rings. The molecule has 0 saturated carbocycles. The number of phenols is 1. The van der Waals surface area contributed by atoms with Crippen molar-refractivity contribution < 1.29 is 14.6 Å². The molecule has 0 radical (unpaired) electrons. The summed E-state index contributed by atoms with van der Waals surface area (Å²) in [6, 6.07) is 4.65. The highest BCUT2D eigenvalue weighted by atomic mass is 16.5. The summed E-state index contributed by atoms with van der Waals surface area (Å²) in [6.07, 6.45) is 6.71. The molecule has 2 rings (SSSR count). The number of ether oxygens (including phenoxy) is 1. The van der Waals surface area contributed by atoms with E-state index in [1.807, 2.05) is 0 Å². The van der Waals surface area contributed by atoms with E-state index in [0.717, 1.165) is 19.3 Å². The van der Waals surface area contributed by atoms with E-state index in [-0.39, 0.29) is 11.7 Å². The van der Waals surface area contributed by atoms with E-state index in [4.69, 9.17) is 4.74 Å². The topological polar surface area (TPSA) is 58.6 Å². The number of carbonyl (C=O) groups excluding carboxylic acids is 1.